The molecule has 1 fully saturated rings. The molecular weight excluding hydrogens is 423 g/mol. The van der Waals surface area contributed by atoms with Crippen LogP contribution in [-0.2, 0) is 35.6 Å². The van der Waals surface area contributed by atoms with Gasteiger partial charge in [-0.15, -0.1) is 21.5 Å². The van der Waals surface area contributed by atoms with Gasteiger partial charge in [-0.3, -0.25) is 9.69 Å². The zero-order valence-electron chi connectivity index (χ0n) is 16.1. The fourth-order valence-corrected chi connectivity index (χ4v) is 4.11. The average molecular weight is 445 g/mol. The number of amides is 1. The molecule has 0 unspecified atom stereocenters. The number of hydrogen-bond acceptors (Lipinski definition) is 6. The summed E-state index contributed by atoms with van der Waals surface area (Å²) in [4.78, 5) is 26.5. The molecule has 8 nitrogen and oxygen atoms in total. The Balaban J connectivity index is 0.000000318. The number of carboxylic acid groups (broad SMARTS) is 1. The average Bonchev–Trinajstić information content (AvgIpc) is 3.38. The highest BCUT2D eigenvalue weighted by Crippen LogP contribution is 2.18. The van der Waals surface area contributed by atoms with E-state index in [-0.39, 0.29) is 5.91 Å². The van der Waals surface area contributed by atoms with Crippen LogP contribution in [0.5, 0.6) is 0 Å². The second-order valence-corrected chi connectivity index (χ2v) is 8.04. The monoisotopic (exact) mass is 445 g/mol. The Morgan fingerprint density at radius 1 is 1.13 bits per heavy atom. The normalized spacial score (nSPS) is 17.3. The molecule has 1 amide bonds. The molecule has 2 aromatic heterocycles. The number of halogens is 3. The Kier molecular flexibility index (Phi) is 7.08. The van der Waals surface area contributed by atoms with Crippen molar-refractivity contribution >= 4 is 23.2 Å². The van der Waals surface area contributed by atoms with E-state index in [4.69, 9.17) is 9.90 Å². The topological polar surface area (TPSA) is 91.6 Å². The number of fused-ring (bicyclic) bond motifs is 1. The summed E-state index contributed by atoms with van der Waals surface area (Å²) in [5.41, 5.74) is 0. The molecule has 0 radical (unpaired) electrons. The van der Waals surface area contributed by atoms with Crippen LogP contribution in [-0.4, -0.2) is 67.4 Å². The van der Waals surface area contributed by atoms with E-state index in [2.05, 4.69) is 37.2 Å². The van der Waals surface area contributed by atoms with Crippen LogP contribution in [0, 0.1) is 0 Å². The molecular formula is C18H22F3N5O3S. The van der Waals surface area contributed by atoms with Gasteiger partial charge in [0.05, 0.1) is 6.54 Å². The van der Waals surface area contributed by atoms with Crippen molar-refractivity contribution in [3.63, 3.8) is 0 Å². The summed E-state index contributed by atoms with van der Waals surface area (Å²) in [6, 6.07) is 4.30. The third-order valence-electron chi connectivity index (χ3n) is 4.90. The number of carbonyl (C=O) groups is 2. The Morgan fingerprint density at radius 2 is 1.90 bits per heavy atom. The van der Waals surface area contributed by atoms with Gasteiger partial charge in [0.25, 0.3) is 0 Å². The van der Waals surface area contributed by atoms with Crippen LogP contribution in [0.1, 0.15) is 29.4 Å². The van der Waals surface area contributed by atoms with Crippen molar-refractivity contribution < 1.29 is 27.9 Å². The lowest BCUT2D eigenvalue weighted by Gasteiger charge is -2.19. The molecule has 2 aliphatic heterocycles. The van der Waals surface area contributed by atoms with Crippen molar-refractivity contribution in [1.82, 2.24) is 24.6 Å². The summed E-state index contributed by atoms with van der Waals surface area (Å²) >= 11 is 1.81. The summed E-state index contributed by atoms with van der Waals surface area (Å²) in [5, 5.41) is 18.0. The molecule has 30 heavy (non-hydrogen) atoms. The fraction of sp³-hybridized carbons (Fsp3) is 0.556. The molecule has 2 aromatic rings. The SMILES string of the molecule is O=C(O)C(F)(F)F.O=C1CCCN1Cc1nnc2n1CCN(Cc1cccs1)CC2. The van der Waals surface area contributed by atoms with E-state index in [9.17, 15) is 18.0 Å². The minimum absolute atomic E-state index is 0.246. The molecule has 0 spiro atoms. The number of carboxylic acids is 1. The summed E-state index contributed by atoms with van der Waals surface area (Å²) in [6.07, 6.45) is -2.52. The lowest BCUT2D eigenvalue weighted by molar-refractivity contribution is -0.192. The van der Waals surface area contributed by atoms with Gasteiger partial charge in [0, 0.05) is 50.4 Å². The van der Waals surface area contributed by atoms with Crippen molar-refractivity contribution in [3.05, 3.63) is 34.0 Å². The number of thiophene rings is 1. The summed E-state index contributed by atoms with van der Waals surface area (Å²) < 4.78 is 34.0. The minimum Gasteiger partial charge on any atom is -0.475 e. The number of alkyl halides is 3. The molecule has 12 heteroatoms. The third kappa shape index (κ3) is 5.79. The van der Waals surface area contributed by atoms with Gasteiger partial charge < -0.3 is 14.6 Å². The number of carbonyl (C=O) groups excluding carboxylic acids is 1. The number of aliphatic carboxylic acids is 1. The van der Waals surface area contributed by atoms with Gasteiger partial charge in [0.1, 0.15) is 5.82 Å². The van der Waals surface area contributed by atoms with Crippen molar-refractivity contribution in [2.24, 2.45) is 0 Å². The Hall–Kier alpha value is -2.47. The van der Waals surface area contributed by atoms with Crippen LogP contribution in [0.25, 0.3) is 0 Å². The number of rotatable bonds is 4. The fourth-order valence-electron chi connectivity index (χ4n) is 3.37. The number of hydrogen-bond donors (Lipinski definition) is 1. The molecule has 164 valence electrons. The molecule has 0 saturated carbocycles. The maximum atomic E-state index is 11.8. The highest BCUT2D eigenvalue weighted by molar-refractivity contribution is 7.09. The van der Waals surface area contributed by atoms with Gasteiger partial charge >= 0.3 is 12.1 Å². The van der Waals surface area contributed by atoms with Crippen molar-refractivity contribution in [2.45, 2.75) is 45.1 Å². The second kappa shape index (κ2) is 9.56. The molecule has 4 rings (SSSR count). The van der Waals surface area contributed by atoms with Crippen LogP contribution in [0.2, 0.25) is 0 Å². The van der Waals surface area contributed by atoms with E-state index in [1.165, 1.54) is 4.88 Å². The third-order valence-corrected chi connectivity index (χ3v) is 5.76. The second-order valence-electron chi connectivity index (χ2n) is 7.01. The van der Waals surface area contributed by atoms with Crippen LogP contribution in [0.15, 0.2) is 17.5 Å². The van der Waals surface area contributed by atoms with Gasteiger partial charge in [-0.25, -0.2) is 4.79 Å². The maximum absolute atomic E-state index is 11.8. The van der Waals surface area contributed by atoms with E-state index in [0.717, 1.165) is 57.2 Å². The highest BCUT2D eigenvalue weighted by Gasteiger charge is 2.38. The van der Waals surface area contributed by atoms with Crippen LogP contribution in [0.4, 0.5) is 13.2 Å². The largest absolute Gasteiger partial charge is 0.490 e. The number of likely N-dealkylation sites (tertiary alicyclic amines) is 1. The lowest BCUT2D eigenvalue weighted by Crippen LogP contribution is -2.28. The quantitative estimate of drug-likeness (QED) is 0.776. The van der Waals surface area contributed by atoms with E-state index in [0.29, 0.717) is 13.0 Å². The first kappa shape index (κ1) is 22.2. The van der Waals surface area contributed by atoms with Crippen LogP contribution in [0.3, 0.4) is 0 Å². The van der Waals surface area contributed by atoms with Crippen LogP contribution >= 0.6 is 11.3 Å². The Labute approximate surface area is 174 Å². The predicted molar refractivity (Wildman–Crippen MR) is 102 cm³/mol. The minimum atomic E-state index is -5.08. The van der Waals surface area contributed by atoms with Crippen molar-refractivity contribution in [3.8, 4) is 0 Å². The first-order valence-electron chi connectivity index (χ1n) is 9.47. The van der Waals surface area contributed by atoms with E-state index in [1.807, 2.05) is 16.2 Å². The van der Waals surface area contributed by atoms with E-state index < -0.39 is 12.1 Å². The van der Waals surface area contributed by atoms with Gasteiger partial charge in [-0.05, 0) is 17.9 Å². The molecule has 4 heterocycles. The summed E-state index contributed by atoms with van der Waals surface area (Å²) in [7, 11) is 0. The first-order valence-corrected chi connectivity index (χ1v) is 10.4. The van der Waals surface area contributed by atoms with Gasteiger partial charge in [-0.2, -0.15) is 13.2 Å². The molecule has 0 aliphatic carbocycles. The molecule has 2 aliphatic rings. The zero-order valence-corrected chi connectivity index (χ0v) is 17.0. The Morgan fingerprint density at radius 3 is 2.50 bits per heavy atom. The van der Waals surface area contributed by atoms with Crippen LogP contribution < -0.4 is 0 Å². The summed E-state index contributed by atoms with van der Waals surface area (Å²) in [5.74, 6) is -0.517. The van der Waals surface area contributed by atoms with E-state index >= 15 is 0 Å². The number of nitrogens with zero attached hydrogens (tertiary/aromatic N) is 5. The van der Waals surface area contributed by atoms with Gasteiger partial charge in [0.2, 0.25) is 5.91 Å². The Bertz CT molecular complexity index is 869. The smallest absolute Gasteiger partial charge is 0.475 e. The highest BCUT2D eigenvalue weighted by atomic mass is 32.1. The molecule has 0 aromatic carbocycles. The zero-order chi connectivity index (χ0) is 21.7. The molecule has 0 atom stereocenters. The first-order chi connectivity index (χ1) is 14.2. The lowest BCUT2D eigenvalue weighted by atomic mass is 10.3. The molecule has 1 N–H and O–H groups in total. The van der Waals surface area contributed by atoms with E-state index in [1.54, 1.807) is 0 Å². The molecule has 1 saturated heterocycles. The van der Waals surface area contributed by atoms with Gasteiger partial charge in [0.15, 0.2) is 5.82 Å². The van der Waals surface area contributed by atoms with Crippen molar-refractivity contribution in [2.75, 3.05) is 19.6 Å². The van der Waals surface area contributed by atoms with Gasteiger partial charge in [-0.1, -0.05) is 6.07 Å². The maximum Gasteiger partial charge on any atom is 0.490 e. The predicted octanol–water partition coefficient (Wildman–Crippen LogP) is 2.15. The van der Waals surface area contributed by atoms with Crippen molar-refractivity contribution in [1.29, 1.82) is 0 Å². The number of aromatic nitrogens is 3. The molecule has 0 bridgehead atoms. The standard InChI is InChI=1S/C16H21N5OS.C2HF3O2/c22-16-4-1-6-20(16)12-15-18-17-14-5-7-19(8-9-21(14)15)11-13-3-2-10-23-13;3-2(4,5)1(6)7/h2-3,10H,1,4-9,11-12H2;(H,6,7). The summed E-state index contributed by atoms with van der Waals surface area (Å²) in [6.45, 7) is 5.39.